The molecule has 1 aliphatic heterocycles. The lowest BCUT2D eigenvalue weighted by Gasteiger charge is -2.31. The number of rotatable bonds is 12. The van der Waals surface area contributed by atoms with Crippen LogP contribution in [-0.4, -0.2) is 49.6 Å². The van der Waals surface area contributed by atoms with Crippen LogP contribution in [0.25, 0.3) is 17.0 Å². The van der Waals surface area contributed by atoms with Gasteiger partial charge in [-0.25, -0.2) is 9.78 Å². The molecule has 6 rings (SSSR count). The molecule has 2 N–H and O–H groups in total. The van der Waals surface area contributed by atoms with E-state index < -0.39 is 24.0 Å². The molecule has 1 fully saturated rings. The van der Waals surface area contributed by atoms with Gasteiger partial charge in [0.05, 0.1) is 5.69 Å². The van der Waals surface area contributed by atoms with Crippen molar-refractivity contribution in [2.75, 3.05) is 11.4 Å². The zero-order valence-corrected chi connectivity index (χ0v) is 27.0. The number of fused-ring (bicyclic) bond motifs is 1. The van der Waals surface area contributed by atoms with Gasteiger partial charge in [0.25, 0.3) is 5.56 Å². The Labute approximate surface area is 278 Å². The molecule has 47 heavy (non-hydrogen) atoms. The van der Waals surface area contributed by atoms with Gasteiger partial charge in [-0.15, -0.1) is 0 Å². The van der Waals surface area contributed by atoms with Gasteiger partial charge >= 0.3 is 5.97 Å². The van der Waals surface area contributed by atoms with E-state index in [0.717, 1.165) is 42.4 Å². The number of nitrogens with one attached hydrogen (secondary N) is 1. The van der Waals surface area contributed by atoms with Crippen molar-refractivity contribution >= 4 is 35.1 Å². The van der Waals surface area contributed by atoms with E-state index in [-0.39, 0.29) is 11.5 Å². The highest BCUT2D eigenvalue weighted by Crippen LogP contribution is 2.31. The van der Waals surface area contributed by atoms with Gasteiger partial charge in [0.1, 0.15) is 17.9 Å². The Balaban J connectivity index is 1.36. The van der Waals surface area contributed by atoms with Gasteiger partial charge in [-0.3, -0.25) is 18.6 Å². The van der Waals surface area contributed by atoms with Crippen LogP contribution in [-0.2, 0) is 16.1 Å². The van der Waals surface area contributed by atoms with Crippen LogP contribution in [0.3, 0.4) is 0 Å². The van der Waals surface area contributed by atoms with Crippen molar-refractivity contribution < 1.29 is 14.7 Å². The van der Waals surface area contributed by atoms with Crippen molar-refractivity contribution in [3.8, 4) is 11.3 Å². The number of imidazole rings is 1. The van der Waals surface area contributed by atoms with Crippen LogP contribution in [0.1, 0.15) is 56.1 Å². The maximum absolute atomic E-state index is 14.1. The highest BCUT2D eigenvalue weighted by atomic mass is 35.5. The Morgan fingerprint density at radius 3 is 2.26 bits per heavy atom. The predicted octanol–water partition coefficient (Wildman–Crippen LogP) is 6.38. The molecule has 3 aromatic carbocycles. The summed E-state index contributed by atoms with van der Waals surface area (Å²) in [4.78, 5) is 47.3. The standard InChI is InChI=1S/C37H38ClN5O4/c1-2-3-10-21-42-31(23-32(44)43-24-29(39-37(42)43)25-17-19-28(38)20-18-25)41-22-11-16-30(41)35(45)40-34(36(46)47)33(26-12-6-4-7-13-26)27-14-8-5-9-15-27/h4-9,12-15,17-20,23-24,30,33-34H,2-3,10-11,16,21-22H2,1H3,(H,40,45)(H,46,47)/t30-,34-/m0/s1. The number of carbonyl (C=O) groups is 2. The molecule has 1 aliphatic rings. The van der Waals surface area contributed by atoms with Crippen LogP contribution in [0.5, 0.6) is 0 Å². The summed E-state index contributed by atoms with van der Waals surface area (Å²) in [5.41, 5.74) is 2.82. The summed E-state index contributed by atoms with van der Waals surface area (Å²) in [7, 11) is 0. The van der Waals surface area contributed by atoms with Crippen LogP contribution in [0, 0.1) is 0 Å². The summed E-state index contributed by atoms with van der Waals surface area (Å²) >= 11 is 6.11. The number of hydrogen-bond donors (Lipinski definition) is 2. The summed E-state index contributed by atoms with van der Waals surface area (Å²) in [6, 6.07) is 25.8. The molecule has 242 valence electrons. The van der Waals surface area contributed by atoms with Gasteiger partial charge < -0.3 is 15.3 Å². The minimum absolute atomic E-state index is 0.253. The molecule has 0 spiro atoms. The molecule has 1 saturated heterocycles. The van der Waals surface area contributed by atoms with Crippen LogP contribution in [0.2, 0.25) is 5.02 Å². The fraction of sp³-hybridized carbons (Fsp3) is 0.297. The van der Waals surface area contributed by atoms with Crippen LogP contribution in [0.15, 0.2) is 102 Å². The molecule has 5 aromatic rings. The molecule has 3 heterocycles. The number of aryl methyl sites for hydroxylation is 1. The first-order chi connectivity index (χ1) is 22.9. The quantitative estimate of drug-likeness (QED) is 0.152. The van der Waals surface area contributed by atoms with Crippen LogP contribution >= 0.6 is 11.6 Å². The molecule has 0 saturated carbocycles. The average molecular weight is 652 g/mol. The molecule has 10 heteroatoms. The predicted molar refractivity (Wildman–Crippen MR) is 184 cm³/mol. The molecule has 0 radical (unpaired) electrons. The lowest BCUT2D eigenvalue weighted by Crippen LogP contribution is -2.52. The van der Waals surface area contributed by atoms with E-state index in [1.54, 1.807) is 28.8 Å². The van der Waals surface area contributed by atoms with Crippen molar-refractivity contribution in [3.63, 3.8) is 0 Å². The molecule has 0 bridgehead atoms. The van der Waals surface area contributed by atoms with E-state index in [1.807, 2.05) is 82.3 Å². The van der Waals surface area contributed by atoms with E-state index in [4.69, 9.17) is 16.6 Å². The SMILES string of the molecule is CCCCCn1c(N2CCC[C@H]2C(=O)N[C@H](C(=O)O)C(c2ccccc2)c2ccccc2)cc(=O)n2cc(-c3ccc(Cl)cc3)nc12. The molecular formula is C37H38ClN5O4. The highest BCUT2D eigenvalue weighted by molar-refractivity contribution is 6.30. The Morgan fingerprint density at radius 2 is 1.64 bits per heavy atom. The number of aliphatic carboxylic acids is 1. The number of aromatic nitrogens is 3. The molecule has 0 aliphatic carbocycles. The molecule has 9 nitrogen and oxygen atoms in total. The monoisotopic (exact) mass is 651 g/mol. The van der Waals surface area contributed by atoms with E-state index >= 15 is 0 Å². The number of benzene rings is 3. The number of hydrogen-bond acceptors (Lipinski definition) is 5. The van der Waals surface area contributed by atoms with Crippen molar-refractivity contribution in [2.45, 2.75) is 63.6 Å². The number of carboxylic acids is 1. The molecule has 2 atom stereocenters. The fourth-order valence-electron chi connectivity index (χ4n) is 6.56. The van der Waals surface area contributed by atoms with Crippen molar-refractivity contribution in [1.29, 1.82) is 0 Å². The number of amides is 1. The topological polar surface area (TPSA) is 109 Å². The maximum Gasteiger partial charge on any atom is 0.327 e. The van der Waals surface area contributed by atoms with Gasteiger partial charge in [-0.05, 0) is 42.5 Å². The van der Waals surface area contributed by atoms with Gasteiger partial charge in [-0.2, -0.15) is 0 Å². The Kier molecular flexibility index (Phi) is 9.73. The first-order valence-electron chi connectivity index (χ1n) is 16.1. The molecule has 0 unspecified atom stereocenters. The number of carboxylic acid groups (broad SMARTS) is 1. The van der Waals surface area contributed by atoms with Gasteiger partial charge in [-0.1, -0.05) is 104 Å². The summed E-state index contributed by atoms with van der Waals surface area (Å²) in [6.45, 7) is 3.29. The number of unbranched alkanes of at least 4 members (excludes halogenated alkanes) is 2. The third-order valence-corrected chi connectivity index (χ3v) is 9.14. The second-order valence-electron chi connectivity index (χ2n) is 12.0. The van der Waals surface area contributed by atoms with Crippen molar-refractivity contribution in [1.82, 2.24) is 19.3 Å². The van der Waals surface area contributed by atoms with Gasteiger partial charge in [0.15, 0.2) is 0 Å². The number of nitrogens with zero attached hydrogens (tertiary/aromatic N) is 4. The Hall–Kier alpha value is -4.89. The summed E-state index contributed by atoms with van der Waals surface area (Å²) in [6.07, 6.45) is 5.86. The minimum atomic E-state index is -1.21. The highest BCUT2D eigenvalue weighted by Gasteiger charge is 2.38. The van der Waals surface area contributed by atoms with E-state index in [2.05, 4.69) is 12.2 Å². The third-order valence-electron chi connectivity index (χ3n) is 8.88. The third kappa shape index (κ3) is 6.81. The van der Waals surface area contributed by atoms with Crippen molar-refractivity contribution in [2.24, 2.45) is 0 Å². The lowest BCUT2D eigenvalue weighted by molar-refractivity contribution is -0.142. The summed E-state index contributed by atoms with van der Waals surface area (Å²) in [5.74, 6) is -1.00. The zero-order valence-electron chi connectivity index (χ0n) is 26.3. The lowest BCUT2D eigenvalue weighted by atomic mass is 9.85. The van der Waals surface area contributed by atoms with E-state index in [0.29, 0.717) is 41.8 Å². The van der Waals surface area contributed by atoms with Crippen LogP contribution < -0.4 is 15.8 Å². The zero-order chi connectivity index (χ0) is 32.9. The van der Waals surface area contributed by atoms with Crippen molar-refractivity contribution in [3.05, 3.63) is 124 Å². The second kappa shape index (κ2) is 14.3. The Morgan fingerprint density at radius 1 is 0.979 bits per heavy atom. The largest absolute Gasteiger partial charge is 0.480 e. The maximum atomic E-state index is 14.1. The Bertz CT molecular complexity index is 1870. The van der Waals surface area contributed by atoms with Gasteiger partial charge in [0, 0.05) is 41.9 Å². The number of halogens is 1. The first-order valence-corrected chi connectivity index (χ1v) is 16.5. The van der Waals surface area contributed by atoms with Gasteiger partial charge in [0.2, 0.25) is 11.7 Å². The number of anilines is 1. The van der Waals surface area contributed by atoms with Crippen LogP contribution in [0.4, 0.5) is 5.82 Å². The van der Waals surface area contributed by atoms with E-state index in [9.17, 15) is 19.5 Å². The molecule has 1 amide bonds. The minimum Gasteiger partial charge on any atom is -0.480 e. The summed E-state index contributed by atoms with van der Waals surface area (Å²) < 4.78 is 3.57. The second-order valence-corrected chi connectivity index (χ2v) is 12.4. The summed E-state index contributed by atoms with van der Waals surface area (Å²) in [5, 5.41) is 14.0. The first kappa shape index (κ1) is 32.1. The molecule has 2 aromatic heterocycles. The fourth-order valence-corrected chi connectivity index (χ4v) is 6.69. The average Bonchev–Trinajstić information content (AvgIpc) is 3.76. The number of carbonyl (C=O) groups excluding carboxylic acids is 1. The smallest absolute Gasteiger partial charge is 0.327 e. The van der Waals surface area contributed by atoms with E-state index in [1.165, 1.54) is 0 Å². The normalized spacial score (nSPS) is 15.3. The molecular weight excluding hydrogens is 614 g/mol.